The lowest BCUT2D eigenvalue weighted by atomic mass is 10.1. The Balaban J connectivity index is 1.68. The fourth-order valence-electron chi connectivity index (χ4n) is 2.55. The van der Waals surface area contributed by atoms with Crippen LogP contribution < -0.4 is 5.32 Å². The van der Waals surface area contributed by atoms with Crippen molar-refractivity contribution in [1.29, 1.82) is 0 Å². The number of hydrogen-bond donors (Lipinski definition) is 2. The van der Waals surface area contributed by atoms with E-state index in [0.29, 0.717) is 5.75 Å². The number of fused-ring (bicyclic) bond motifs is 1. The van der Waals surface area contributed by atoms with Crippen molar-refractivity contribution in [3.8, 4) is 5.75 Å². The monoisotopic (exact) mass is 285 g/mol. The summed E-state index contributed by atoms with van der Waals surface area (Å²) in [6.07, 6.45) is 5.01. The van der Waals surface area contributed by atoms with Gasteiger partial charge in [0.05, 0.1) is 6.04 Å². The van der Waals surface area contributed by atoms with E-state index in [4.69, 9.17) is 0 Å². The Morgan fingerprint density at radius 1 is 1.40 bits per heavy atom. The van der Waals surface area contributed by atoms with E-state index in [0.717, 1.165) is 29.5 Å². The van der Waals surface area contributed by atoms with Gasteiger partial charge in [0.1, 0.15) is 5.75 Å². The van der Waals surface area contributed by atoms with E-state index in [-0.39, 0.29) is 11.9 Å². The number of aromatic hydroxyl groups is 1. The van der Waals surface area contributed by atoms with Crippen molar-refractivity contribution >= 4 is 23.3 Å². The van der Waals surface area contributed by atoms with Gasteiger partial charge >= 0.3 is 0 Å². The van der Waals surface area contributed by atoms with Crippen LogP contribution in [0.1, 0.15) is 29.2 Å². The SMILES string of the molecule is O=C(/C=C\c1ccsc1)N[C@@H]1CCc2c(O)cccc21. The first-order valence-corrected chi connectivity index (χ1v) is 7.50. The molecule has 1 heterocycles. The van der Waals surface area contributed by atoms with Crippen molar-refractivity contribution in [3.05, 3.63) is 57.8 Å². The Kier molecular flexibility index (Phi) is 3.56. The van der Waals surface area contributed by atoms with E-state index >= 15 is 0 Å². The molecule has 0 saturated carbocycles. The summed E-state index contributed by atoms with van der Waals surface area (Å²) in [5.41, 5.74) is 3.02. The highest BCUT2D eigenvalue weighted by Gasteiger charge is 2.25. The molecule has 3 nitrogen and oxygen atoms in total. The van der Waals surface area contributed by atoms with Gasteiger partial charge in [0.15, 0.2) is 0 Å². The maximum Gasteiger partial charge on any atom is 0.244 e. The third-order valence-corrected chi connectivity index (χ3v) is 4.23. The van der Waals surface area contributed by atoms with Crippen LogP contribution in [0.4, 0.5) is 0 Å². The average Bonchev–Trinajstić information content (AvgIpc) is 3.07. The van der Waals surface area contributed by atoms with Gasteiger partial charge in [-0.15, -0.1) is 0 Å². The van der Waals surface area contributed by atoms with Crippen molar-refractivity contribution in [1.82, 2.24) is 5.32 Å². The van der Waals surface area contributed by atoms with Crippen molar-refractivity contribution in [2.45, 2.75) is 18.9 Å². The predicted octanol–water partition coefficient (Wildman–Crippen LogP) is 3.27. The Hall–Kier alpha value is -2.07. The molecule has 20 heavy (non-hydrogen) atoms. The third-order valence-electron chi connectivity index (χ3n) is 3.53. The maximum atomic E-state index is 11.9. The van der Waals surface area contributed by atoms with E-state index in [9.17, 15) is 9.90 Å². The van der Waals surface area contributed by atoms with Gasteiger partial charge in [0.25, 0.3) is 0 Å². The normalized spacial score (nSPS) is 17.3. The molecule has 2 aromatic rings. The number of carbonyl (C=O) groups is 1. The van der Waals surface area contributed by atoms with Crippen LogP contribution in [0.3, 0.4) is 0 Å². The number of hydrogen-bond acceptors (Lipinski definition) is 3. The lowest BCUT2D eigenvalue weighted by Gasteiger charge is -2.12. The minimum atomic E-state index is -0.0996. The largest absolute Gasteiger partial charge is 0.508 e. The van der Waals surface area contributed by atoms with Crippen LogP contribution in [0.15, 0.2) is 41.1 Å². The van der Waals surface area contributed by atoms with Gasteiger partial charge < -0.3 is 10.4 Å². The molecule has 2 N–H and O–H groups in total. The molecule has 1 aromatic carbocycles. The zero-order valence-electron chi connectivity index (χ0n) is 10.9. The Bertz CT molecular complexity index is 647. The van der Waals surface area contributed by atoms with Crippen LogP contribution in [0.5, 0.6) is 5.75 Å². The Labute approximate surface area is 121 Å². The number of rotatable bonds is 3. The number of benzene rings is 1. The number of phenols is 1. The minimum Gasteiger partial charge on any atom is -0.508 e. The highest BCUT2D eigenvalue weighted by Crippen LogP contribution is 2.36. The molecule has 0 saturated heterocycles. The number of phenolic OH excluding ortho intramolecular Hbond substituents is 1. The van der Waals surface area contributed by atoms with Gasteiger partial charge in [-0.3, -0.25) is 4.79 Å². The Morgan fingerprint density at radius 3 is 3.10 bits per heavy atom. The van der Waals surface area contributed by atoms with E-state index < -0.39 is 0 Å². The first-order valence-electron chi connectivity index (χ1n) is 6.55. The summed E-state index contributed by atoms with van der Waals surface area (Å²) < 4.78 is 0. The van der Waals surface area contributed by atoms with E-state index in [1.54, 1.807) is 23.5 Å². The van der Waals surface area contributed by atoms with Gasteiger partial charge in [-0.2, -0.15) is 11.3 Å². The molecule has 1 aliphatic carbocycles. The highest BCUT2D eigenvalue weighted by molar-refractivity contribution is 7.08. The number of amides is 1. The van der Waals surface area contributed by atoms with Crippen LogP contribution in [0.2, 0.25) is 0 Å². The first-order chi connectivity index (χ1) is 9.74. The average molecular weight is 285 g/mol. The third kappa shape index (κ3) is 2.60. The molecule has 1 aromatic heterocycles. The second-order valence-corrected chi connectivity index (χ2v) is 5.61. The van der Waals surface area contributed by atoms with E-state index in [1.165, 1.54) is 0 Å². The molecule has 1 amide bonds. The lowest BCUT2D eigenvalue weighted by molar-refractivity contribution is -0.117. The summed E-state index contributed by atoms with van der Waals surface area (Å²) in [5, 5.41) is 16.7. The quantitative estimate of drug-likeness (QED) is 0.850. The van der Waals surface area contributed by atoms with E-state index in [1.807, 2.05) is 35.0 Å². The molecular formula is C16H15NO2S. The number of carbonyl (C=O) groups excluding carboxylic acids is 1. The first kappa shape index (κ1) is 12.9. The van der Waals surface area contributed by atoms with Crippen molar-refractivity contribution in [2.75, 3.05) is 0 Å². The smallest absolute Gasteiger partial charge is 0.244 e. The van der Waals surface area contributed by atoms with Crippen LogP contribution in [-0.4, -0.2) is 11.0 Å². The van der Waals surface area contributed by atoms with Gasteiger partial charge in [-0.05, 0) is 58.5 Å². The molecular weight excluding hydrogens is 270 g/mol. The zero-order chi connectivity index (χ0) is 13.9. The summed E-state index contributed by atoms with van der Waals surface area (Å²) >= 11 is 1.61. The molecule has 0 spiro atoms. The molecule has 1 atom stereocenters. The Morgan fingerprint density at radius 2 is 2.30 bits per heavy atom. The fraction of sp³-hybridized carbons (Fsp3) is 0.188. The van der Waals surface area contributed by atoms with Gasteiger partial charge in [0, 0.05) is 6.08 Å². The van der Waals surface area contributed by atoms with Crippen LogP contribution >= 0.6 is 11.3 Å². The van der Waals surface area contributed by atoms with Crippen LogP contribution in [0, 0.1) is 0 Å². The van der Waals surface area contributed by atoms with E-state index in [2.05, 4.69) is 5.32 Å². The second kappa shape index (κ2) is 5.51. The second-order valence-electron chi connectivity index (χ2n) is 4.83. The summed E-state index contributed by atoms with van der Waals surface area (Å²) in [7, 11) is 0. The minimum absolute atomic E-state index is 0.00303. The molecule has 102 valence electrons. The van der Waals surface area contributed by atoms with Crippen LogP contribution in [-0.2, 0) is 11.2 Å². The van der Waals surface area contributed by atoms with Gasteiger partial charge in [-0.1, -0.05) is 12.1 Å². The molecule has 0 fully saturated rings. The fourth-order valence-corrected chi connectivity index (χ4v) is 3.18. The summed E-state index contributed by atoms with van der Waals surface area (Å²) in [6, 6.07) is 7.45. The molecule has 0 aliphatic heterocycles. The lowest BCUT2D eigenvalue weighted by Crippen LogP contribution is -2.25. The zero-order valence-corrected chi connectivity index (χ0v) is 11.7. The molecule has 0 unspecified atom stereocenters. The summed E-state index contributed by atoms with van der Waals surface area (Å²) in [4.78, 5) is 11.9. The molecule has 3 rings (SSSR count). The predicted molar refractivity (Wildman–Crippen MR) is 80.7 cm³/mol. The van der Waals surface area contributed by atoms with Crippen molar-refractivity contribution in [2.24, 2.45) is 0 Å². The molecule has 4 heteroatoms. The molecule has 0 bridgehead atoms. The standard InChI is InChI=1S/C16H15NO2S/c18-15-3-1-2-12-13(15)5-6-14(12)17-16(19)7-4-11-8-9-20-10-11/h1-4,7-10,14,18H,5-6H2,(H,17,19)/b7-4-/t14-/m1/s1. The summed E-state index contributed by atoms with van der Waals surface area (Å²) in [6.45, 7) is 0. The maximum absolute atomic E-state index is 11.9. The highest BCUT2D eigenvalue weighted by atomic mass is 32.1. The van der Waals surface area contributed by atoms with Crippen molar-refractivity contribution < 1.29 is 9.90 Å². The van der Waals surface area contributed by atoms with Gasteiger partial charge in [0.2, 0.25) is 5.91 Å². The summed E-state index contributed by atoms with van der Waals surface area (Å²) in [5.74, 6) is 0.227. The molecule has 0 radical (unpaired) electrons. The van der Waals surface area contributed by atoms with Gasteiger partial charge in [-0.25, -0.2) is 0 Å². The van der Waals surface area contributed by atoms with Crippen molar-refractivity contribution in [3.63, 3.8) is 0 Å². The number of nitrogens with one attached hydrogen (secondary N) is 1. The topological polar surface area (TPSA) is 49.3 Å². The van der Waals surface area contributed by atoms with Crippen LogP contribution in [0.25, 0.3) is 6.08 Å². The number of thiophene rings is 1. The molecule has 1 aliphatic rings.